The van der Waals surface area contributed by atoms with Crippen LogP contribution < -0.4 is 4.72 Å². The number of hydrogen-bond acceptors (Lipinski definition) is 7. The summed E-state index contributed by atoms with van der Waals surface area (Å²) in [6, 6.07) is 11.2. The van der Waals surface area contributed by atoms with E-state index in [1.54, 1.807) is 11.4 Å². The molecule has 0 aliphatic heterocycles. The van der Waals surface area contributed by atoms with E-state index in [1.807, 2.05) is 0 Å². The van der Waals surface area contributed by atoms with Gasteiger partial charge in [0.15, 0.2) is 12.4 Å². The lowest BCUT2D eigenvalue weighted by Crippen LogP contribution is -2.15. The van der Waals surface area contributed by atoms with Crippen LogP contribution in [0.25, 0.3) is 0 Å². The Kier molecular flexibility index (Phi) is 5.95. The minimum Gasteiger partial charge on any atom is -0.507 e. The number of anilines is 1. The number of hydrogen-bond donors (Lipinski definition) is 2. The number of sulfonamides is 1. The number of phenols is 1. The van der Waals surface area contributed by atoms with Crippen molar-refractivity contribution in [2.75, 3.05) is 11.3 Å². The molecule has 0 unspecified atom stereocenters. The Hall–Kier alpha value is -3.24. The summed E-state index contributed by atoms with van der Waals surface area (Å²) in [5, 5.41) is 11.5. The van der Waals surface area contributed by atoms with E-state index in [2.05, 4.69) is 4.72 Å². The predicted molar refractivity (Wildman–Crippen MR) is 104 cm³/mol. The first-order valence-corrected chi connectivity index (χ1v) is 10.5. The van der Waals surface area contributed by atoms with Gasteiger partial charge >= 0.3 is 5.97 Å². The lowest BCUT2D eigenvalue weighted by molar-refractivity contribution is 0.0472. The number of thiophene rings is 1. The number of ether oxygens (including phenoxy) is 1. The maximum Gasteiger partial charge on any atom is 0.342 e. The summed E-state index contributed by atoms with van der Waals surface area (Å²) in [5.74, 6) is -2.53. The third kappa shape index (κ3) is 4.98. The molecule has 7 nitrogen and oxygen atoms in total. The van der Waals surface area contributed by atoms with Gasteiger partial charge in [-0.3, -0.25) is 9.52 Å². The number of carbonyl (C=O) groups excluding carboxylic acids is 2. The Morgan fingerprint density at radius 3 is 2.48 bits per heavy atom. The van der Waals surface area contributed by atoms with Gasteiger partial charge in [-0.15, -0.1) is 11.3 Å². The highest BCUT2D eigenvalue weighted by Crippen LogP contribution is 2.25. The molecule has 1 heterocycles. The predicted octanol–water partition coefficient (Wildman–Crippen LogP) is 3.43. The van der Waals surface area contributed by atoms with Crippen molar-refractivity contribution in [3.8, 4) is 5.75 Å². The van der Waals surface area contributed by atoms with E-state index < -0.39 is 39.9 Å². The van der Waals surface area contributed by atoms with Crippen molar-refractivity contribution < 1.29 is 32.2 Å². The Morgan fingerprint density at radius 2 is 1.83 bits per heavy atom. The SMILES string of the molecule is O=C(COC(=O)c1cc(NS(=O)(=O)c2cccs2)ccc1O)c1ccc(F)cc1. The fourth-order valence-electron chi connectivity index (χ4n) is 2.31. The average Bonchev–Trinajstić information content (AvgIpc) is 3.23. The van der Waals surface area contributed by atoms with Crippen LogP contribution in [0.2, 0.25) is 0 Å². The molecule has 0 spiro atoms. The van der Waals surface area contributed by atoms with Gasteiger partial charge in [0, 0.05) is 11.3 Å². The van der Waals surface area contributed by atoms with Crippen LogP contribution in [0.3, 0.4) is 0 Å². The fourth-order valence-corrected chi connectivity index (χ4v) is 4.36. The molecule has 29 heavy (non-hydrogen) atoms. The molecule has 0 amide bonds. The molecule has 0 aliphatic rings. The maximum atomic E-state index is 12.9. The van der Waals surface area contributed by atoms with Crippen molar-refractivity contribution in [2.24, 2.45) is 0 Å². The number of ketones is 1. The standard InChI is InChI=1S/C19H14FNO6S2/c20-13-5-3-12(4-6-13)17(23)11-27-19(24)15-10-14(7-8-16(15)22)21-29(25,26)18-2-1-9-28-18/h1-10,21-22H,11H2. The van der Waals surface area contributed by atoms with E-state index in [4.69, 9.17) is 4.74 Å². The Balaban J connectivity index is 1.71. The first-order valence-electron chi connectivity index (χ1n) is 8.11. The molecule has 0 radical (unpaired) electrons. The number of nitrogens with one attached hydrogen (secondary N) is 1. The summed E-state index contributed by atoms with van der Waals surface area (Å²) in [4.78, 5) is 24.2. The summed E-state index contributed by atoms with van der Waals surface area (Å²) in [7, 11) is -3.84. The zero-order chi connectivity index (χ0) is 21.0. The molecular formula is C19H14FNO6S2. The summed E-state index contributed by atoms with van der Waals surface area (Å²) in [6.07, 6.45) is 0. The van der Waals surface area contributed by atoms with Crippen molar-refractivity contribution in [3.05, 3.63) is 76.9 Å². The third-order valence-corrected chi connectivity index (χ3v) is 6.51. The molecule has 3 rings (SSSR count). The quantitative estimate of drug-likeness (QED) is 0.334. The van der Waals surface area contributed by atoms with Gasteiger partial charge in [-0.2, -0.15) is 0 Å². The topological polar surface area (TPSA) is 110 Å². The lowest BCUT2D eigenvalue weighted by atomic mass is 10.1. The van der Waals surface area contributed by atoms with Gasteiger partial charge in [-0.05, 0) is 53.9 Å². The monoisotopic (exact) mass is 435 g/mol. The number of phenolic OH excluding ortho intramolecular Hbond substituents is 1. The van der Waals surface area contributed by atoms with E-state index in [9.17, 15) is 27.5 Å². The van der Waals surface area contributed by atoms with Crippen molar-refractivity contribution >= 4 is 38.8 Å². The molecule has 3 aromatic rings. The second kappa shape index (κ2) is 8.41. The van der Waals surface area contributed by atoms with Crippen molar-refractivity contribution in [1.29, 1.82) is 0 Å². The van der Waals surface area contributed by atoms with Gasteiger partial charge < -0.3 is 9.84 Å². The van der Waals surface area contributed by atoms with E-state index in [1.165, 1.54) is 24.3 Å². The van der Waals surface area contributed by atoms with Crippen LogP contribution in [0.1, 0.15) is 20.7 Å². The Bertz CT molecular complexity index is 1140. The summed E-state index contributed by atoms with van der Waals surface area (Å²) in [5.41, 5.74) is -0.128. The van der Waals surface area contributed by atoms with Gasteiger partial charge in [-0.25, -0.2) is 17.6 Å². The van der Waals surface area contributed by atoms with Gasteiger partial charge in [-0.1, -0.05) is 6.07 Å². The number of rotatable bonds is 7. The normalized spacial score (nSPS) is 11.1. The van der Waals surface area contributed by atoms with Crippen molar-refractivity contribution in [1.82, 2.24) is 0 Å². The van der Waals surface area contributed by atoms with E-state index in [0.717, 1.165) is 35.6 Å². The first kappa shape index (κ1) is 20.5. The highest BCUT2D eigenvalue weighted by Gasteiger charge is 2.19. The second-order valence-electron chi connectivity index (χ2n) is 5.78. The minimum absolute atomic E-state index is 0.0352. The van der Waals surface area contributed by atoms with E-state index in [0.29, 0.717) is 0 Å². The van der Waals surface area contributed by atoms with Crippen LogP contribution >= 0.6 is 11.3 Å². The molecule has 0 aliphatic carbocycles. The fraction of sp³-hybridized carbons (Fsp3) is 0.0526. The smallest absolute Gasteiger partial charge is 0.342 e. The van der Waals surface area contributed by atoms with Crippen LogP contribution in [0, 0.1) is 5.82 Å². The molecule has 0 atom stereocenters. The highest BCUT2D eigenvalue weighted by atomic mass is 32.2. The number of Topliss-reactive ketones (excluding diaryl/α,β-unsaturated/α-hetero) is 1. The van der Waals surface area contributed by atoms with E-state index in [-0.39, 0.29) is 21.0 Å². The number of halogens is 1. The van der Waals surface area contributed by atoms with Crippen LogP contribution in [0.5, 0.6) is 5.75 Å². The molecule has 2 N–H and O–H groups in total. The highest BCUT2D eigenvalue weighted by molar-refractivity contribution is 7.94. The van der Waals surface area contributed by atoms with Crippen LogP contribution in [0.15, 0.2) is 64.2 Å². The number of benzene rings is 2. The first-order chi connectivity index (χ1) is 13.8. The summed E-state index contributed by atoms with van der Waals surface area (Å²) in [6.45, 7) is -0.630. The molecule has 0 saturated heterocycles. The molecule has 150 valence electrons. The average molecular weight is 435 g/mol. The molecule has 0 saturated carbocycles. The number of esters is 1. The Morgan fingerprint density at radius 1 is 1.10 bits per heavy atom. The van der Waals surface area contributed by atoms with Gasteiger partial charge in [0.2, 0.25) is 0 Å². The van der Waals surface area contributed by atoms with Crippen LogP contribution in [0.4, 0.5) is 10.1 Å². The van der Waals surface area contributed by atoms with E-state index >= 15 is 0 Å². The van der Waals surface area contributed by atoms with Gasteiger partial charge in [0.1, 0.15) is 21.3 Å². The molecule has 10 heteroatoms. The zero-order valence-electron chi connectivity index (χ0n) is 14.7. The maximum absolute atomic E-state index is 12.9. The molecule has 0 bridgehead atoms. The third-order valence-electron chi connectivity index (χ3n) is 3.73. The lowest BCUT2D eigenvalue weighted by Gasteiger charge is -2.10. The van der Waals surface area contributed by atoms with Crippen LogP contribution in [-0.2, 0) is 14.8 Å². The number of aromatic hydroxyl groups is 1. The van der Waals surface area contributed by atoms with Crippen LogP contribution in [-0.4, -0.2) is 31.9 Å². The second-order valence-corrected chi connectivity index (χ2v) is 8.63. The molecule has 1 aromatic heterocycles. The Labute approximate surface area is 169 Å². The molecule has 0 fully saturated rings. The zero-order valence-corrected chi connectivity index (χ0v) is 16.3. The molecular weight excluding hydrogens is 421 g/mol. The summed E-state index contributed by atoms with van der Waals surface area (Å²) >= 11 is 1.02. The molecule has 2 aromatic carbocycles. The minimum atomic E-state index is -3.84. The summed E-state index contributed by atoms with van der Waals surface area (Å²) < 4.78 is 44.7. The largest absolute Gasteiger partial charge is 0.507 e. The van der Waals surface area contributed by atoms with Crippen molar-refractivity contribution in [3.63, 3.8) is 0 Å². The van der Waals surface area contributed by atoms with Gasteiger partial charge in [0.25, 0.3) is 10.0 Å². The van der Waals surface area contributed by atoms with Crippen molar-refractivity contribution in [2.45, 2.75) is 4.21 Å². The number of carbonyl (C=O) groups is 2. The van der Waals surface area contributed by atoms with Gasteiger partial charge in [0.05, 0.1) is 0 Å².